The first kappa shape index (κ1) is 13.8. The van der Waals surface area contributed by atoms with E-state index >= 15 is 0 Å². The topological polar surface area (TPSA) is 51.4 Å². The fraction of sp³-hybridized carbons (Fsp3) is 0.400. The van der Waals surface area contributed by atoms with E-state index in [1.807, 2.05) is 25.1 Å². The molecule has 0 aliphatic rings. The number of para-hydroxylation sites is 1. The number of likely N-dealkylation sites (N-methyl/N-ethyl adjacent to an activating group) is 1. The van der Waals surface area contributed by atoms with Crippen molar-refractivity contribution >= 4 is 16.6 Å². The summed E-state index contributed by atoms with van der Waals surface area (Å²) in [4.78, 5) is 6.74. The van der Waals surface area contributed by atoms with Crippen LogP contribution in [0.15, 0.2) is 30.3 Å². The zero-order valence-corrected chi connectivity index (χ0v) is 11.6. The molecule has 0 aliphatic carbocycles. The molecule has 0 radical (unpaired) electrons. The van der Waals surface area contributed by atoms with Gasteiger partial charge >= 0.3 is 0 Å². The van der Waals surface area contributed by atoms with Crippen LogP contribution in [0.3, 0.4) is 0 Å². The summed E-state index contributed by atoms with van der Waals surface area (Å²) in [7, 11) is 2.07. The lowest BCUT2D eigenvalue weighted by molar-refractivity contribution is 0.154. The summed E-state index contributed by atoms with van der Waals surface area (Å²) < 4.78 is 5.41. The molecule has 0 amide bonds. The minimum Gasteiger partial charge on any atom is -0.380 e. The van der Waals surface area contributed by atoms with Crippen LogP contribution in [-0.2, 0) is 11.3 Å². The number of fused-ring (bicyclic) bond motifs is 1. The highest BCUT2D eigenvalue weighted by Gasteiger charge is 2.08. The molecule has 1 aromatic carbocycles. The van der Waals surface area contributed by atoms with Gasteiger partial charge in [-0.2, -0.15) is 0 Å². The molecular formula is C15H21N3O. The number of rotatable bonds is 6. The van der Waals surface area contributed by atoms with E-state index in [0.717, 1.165) is 42.0 Å². The van der Waals surface area contributed by atoms with Gasteiger partial charge in [-0.1, -0.05) is 18.2 Å². The third kappa shape index (κ3) is 3.22. The predicted octanol–water partition coefficient (Wildman–Crippen LogP) is 2.17. The Morgan fingerprint density at radius 3 is 2.84 bits per heavy atom. The Balaban J connectivity index is 2.34. The standard InChI is InChI=1S/C15H21N3O/c1-3-19-9-8-18(2)15-10-12(11-16)17-14-7-5-4-6-13(14)15/h4-7,10H,3,8-9,11,16H2,1-2H3. The lowest BCUT2D eigenvalue weighted by Gasteiger charge is -2.21. The second kappa shape index (κ2) is 6.50. The van der Waals surface area contributed by atoms with Gasteiger partial charge in [0.15, 0.2) is 0 Å². The molecule has 0 spiro atoms. The summed E-state index contributed by atoms with van der Waals surface area (Å²) in [6.45, 7) is 4.79. The zero-order chi connectivity index (χ0) is 13.7. The molecule has 1 aromatic heterocycles. The molecule has 0 unspecified atom stereocenters. The average molecular weight is 259 g/mol. The van der Waals surface area contributed by atoms with Crippen molar-refractivity contribution in [2.45, 2.75) is 13.5 Å². The van der Waals surface area contributed by atoms with Crippen molar-refractivity contribution in [2.24, 2.45) is 5.73 Å². The van der Waals surface area contributed by atoms with Crippen LogP contribution in [0.5, 0.6) is 0 Å². The van der Waals surface area contributed by atoms with Crippen LogP contribution >= 0.6 is 0 Å². The highest BCUT2D eigenvalue weighted by Crippen LogP contribution is 2.25. The number of anilines is 1. The van der Waals surface area contributed by atoms with E-state index in [-0.39, 0.29) is 0 Å². The van der Waals surface area contributed by atoms with Crippen molar-refractivity contribution < 1.29 is 4.74 Å². The number of nitrogens with two attached hydrogens (primary N) is 1. The summed E-state index contributed by atoms with van der Waals surface area (Å²) in [5.41, 5.74) is 8.79. The van der Waals surface area contributed by atoms with Crippen LogP contribution in [0.2, 0.25) is 0 Å². The molecule has 4 nitrogen and oxygen atoms in total. The second-order valence-electron chi connectivity index (χ2n) is 4.47. The van der Waals surface area contributed by atoms with Gasteiger partial charge in [0, 0.05) is 37.8 Å². The summed E-state index contributed by atoms with van der Waals surface area (Å²) in [5, 5.41) is 1.15. The molecule has 19 heavy (non-hydrogen) atoms. The summed E-state index contributed by atoms with van der Waals surface area (Å²) in [5.74, 6) is 0. The maximum atomic E-state index is 5.73. The zero-order valence-electron chi connectivity index (χ0n) is 11.6. The van der Waals surface area contributed by atoms with Crippen molar-refractivity contribution in [3.8, 4) is 0 Å². The Morgan fingerprint density at radius 2 is 2.11 bits per heavy atom. The van der Waals surface area contributed by atoms with Gasteiger partial charge in [0.2, 0.25) is 0 Å². The average Bonchev–Trinajstić information content (AvgIpc) is 2.46. The van der Waals surface area contributed by atoms with E-state index in [0.29, 0.717) is 6.54 Å². The fourth-order valence-corrected chi connectivity index (χ4v) is 2.10. The number of hydrogen-bond donors (Lipinski definition) is 1. The van der Waals surface area contributed by atoms with E-state index in [2.05, 4.69) is 29.1 Å². The molecule has 0 aliphatic heterocycles. The molecule has 0 saturated carbocycles. The smallest absolute Gasteiger partial charge is 0.0726 e. The van der Waals surface area contributed by atoms with E-state index in [9.17, 15) is 0 Å². The molecule has 2 aromatic rings. The van der Waals surface area contributed by atoms with E-state index in [1.165, 1.54) is 0 Å². The predicted molar refractivity (Wildman–Crippen MR) is 79.4 cm³/mol. The van der Waals surface area contributed by atoms with Crippen LogP contribution in [0.1, 0.15) is 12.6 Å². The molecule has 0 atom stereocenters. The van der Waals surface area contributed by atoms with Gasteiger partial charge in [0.1, 0.15) is 0 Å². The monoisotopic (exact) mass is 259 g/mol. The Hall–Kier alpha value is -1.65. The quantitative estimate of drug-likeness (QED) is 0.808. The molecule has 0 fully saturated rings. The van der Waals surface area contributed by atoms with Gasteiger partial charge < -0.3 is 15.4 Å². The van der Waals surface area contributed by atoms with Crippen molar-refractivity contribution in [3.63, 3.8) is 0 Å². The maximum Gasteiger partial charge on any atom is 0.0726 e. The van der Waals surface area contributed by atoms with Gasteiger partial charge in [-0.15, -0.1) is 0 Å². The first-order valence-corrected chi connectivity index (χ1v) is 6.64. The molecule has 2 rings (SSSR count). The van der Waals surface area contributed by atoms with E-state index in [4.69, 9.17) is 10.5 Å². The SMILES string of the molecule is CCOCCN(C)c1cc(CN)nc2ccccc12. The minimum atomic E-state index is 0.455. The van der Waals surface area contributed by atoms with E-state index in [1.54, 1.807) is 0 Å². The lowest BCUT2D eigenvalue weighted by atomic mass is 10.1. The van der Waals surface area contributed by atoms with Crippen molar-refractivity contribution in [2.75, 3.05) is 31.7 Å². The molecule has 4 heteroatoms. The number of pyridine rings is 1. The number of hydrogen-bond acceptors (Lipinski definition) is 4. The highest BCUT2D eigenvalue weighted by molar-refractivity contribution is 5.91. The Labute approximate surface area is 114 Å². The molecule has 2 N–H and O–H groups in total. The summed E-state index contributed by atoms with van der Waals surface area (Å²) in [6, 6.07) is 10.2. The van der Waals surface area contributed by atoms with Crippen LogP contribution in [0, 0.1) is 0 Å². The Morgan fingerprint density at radius 1 is 1.32 bits per heavy atom. The van der Waals surface area contributed by atoms with Crippen molar-refractivity contribution in [1.82, 2.24) is 4.98 Å². The number of aromatic nitrogens is 1. The fourth-order valence-electron chi connectivity index (χ4n) is 2.10. The Kier molecular flexibility index (Phi) is 4.71. The van der Waals surface area contributed by atoms with Gasteiger partial charge in [-0.05, 0) is 19.1 Å². The maximum absolute atomic E-state index is 5.73. The first-order chi connectivity index (χ1) is 9.26. The third-order valence-electron chi connectivity index (χ3n) is 3.14. The van der Waals surface area contributed by atoms with Gasteiger partial charge in [-0.25, -0.2) is 0 Å². The normalized spacial score (nSPS) is 10.9. The number of nitrogens with zero attached hydrogens (tertiary/aromatic N) is 2. The van der Waals surface area contributed by atoms with Crippen molar-refractivity contribution in [1.29, 1.82) is 0 Å². The molecule has 0 bridgehead atoms. The van der Waals surface area contributed by atoms with Crippen LogP contribution in [-0.4, -0.2) is 31.8 Å². The van der Waals surface area contributed by atoms with Crippen LogP contribution in [0.25, 0.3) is 10.9 Å². The van der Waals surface area contributed by atoms with Gasteiger partial charge in [-0.3, -0.25) is 4.98 Å². The largest absolute Gasteiger partial charge is 0.380 e. The Bertz CT molecular complexity index is 542. The first-order valence-electron chi connectivity index (χ1n) is 6.64. The highest BCUT2D eigenvalue weighted by atomic mass is 16.5. The van der Waals surface area contributed by atoms with Gasteiger partial charge in [0.05, 0.1) is 17.8 Å². The minimum absolute atomic E-state index is 0.455. The van der Waals surface area contributed by atoms with Crippen LogP contribution < -0.4 is 10.6 Å². The molecular weight excluding hydrogens is 238 g/mol. The molecule has 1 heterocycles. The molecule has 0 saturated heterocycles. The second-order valence-corrected chi connectivity index (χ2v) is 4.47. The number of benzene rings is 1. The molecule has 102 valence electrons. The van der Waals surface area contributed by atoms with Crippen LogP contribution in [0.4, 0.5) is 5.69 Å². The van der Waals surface area contributed by atoms with Gasteiger partial charge in [0.25, 0.3) is 0 Å². The number of ether oxygens (including phenoxy) is 1. The van der Waals surface area contributed by atoms with E-state index < -0.39 is 0 Å². The lowest BCUT2D eigenvalue weighted by Crippen LogP contribution is -2.23. The summed E-state index contributed by atoms with van der Waals surface area (Å²) >= 11 is 0. The third-order valence-corrected chi connectivity index (χ3v) is 3.14. The summed E-state index contributed by atoms with van der Waals surface area (Å²) in [6.07, 6.45) is 0. The van der Waals surface area contributed by atoms with Crippen molar-refractivity contribution in [3.05, 3.63) is 36.0 Å².